The second-order valence-electron chi connectivity index (χ2n) is 4.19. The number of nitrogens with zero attached hydrogens (tertiary/aromatic N) is 1. The summed E-state index contributed by atoms with van der Waals surface area (Å²) < 4.78 is 18.7. The van der Waals surface area contributed by atoms with Crippen molar-refractivity contribution in [3.63, 3.8) is 0 Å². The van der Waals surface area contributed by atoms with Crippen LogP contribution in [0.2, 0.25) is 0 Å². The molecule has 2 rings (SSSR count). The van der Waals surface area contributed by atoms with Crippen molar-refractivity contribution in [2.75, 3.05) is 6.54 Å². The van der Waals surface area contributed by atoms with Crippen LogP contribution < -0.4 is 4.74 Å². The van der Waals surface area contributed by atoms with E-state index in [9.17, 15) is 14.0 Å². The molecule has 2 N–H and O–H groups in total. The lowest BCUT2D eigenvalue weighted by Crippen LogP contribution is -2.39. The summed E-state index contributed by atoms with van der Waals surface area (Å²) in [4.78, 5) is 22.6. The maximum atomic E-state index is 13.4. The molecule has 1 aliphatic rings. The Balaban J connectivity index is 2.10. The number of hydrogen-bond acceptors (Lipinski definition) is 3. The Kier molecular flexibility index (Phi) is 3.55. The van der Waals surface area contributed by atoms with Crippen LogP contribution in [-0.4, -0.2) is 45.9 Å². The van der Waals surface area contributed by atoms with Crippen LogP contribution in [0.1, 0.15) is 6.42 Å². The lowest BCUT2D eigenvalue weighted by atomic mass is 10.2. The van der Waals surface area contributed by atoms with Crippen LogP contribution in [0.5, 0.6) is 5.75 Å². The van der Waals surface area contributed by atoms with Gasteiger partial charge in [0.1, 0.15) is 12.1 Å². The summed E-state index contributed by atoms with van der Waals surface area (Å²) in [5.74, 6) is -1.81. The highest BCUT2D eigenvalue weighted by Gasteiger charge is 2.41. The predicted molar refractivity (Wildman–Crippen MR) is 61.6 cm³/mol. The van der Waals surface area contributed by atoms with Gasteiger partial charge in [-0.2, -0.15) is 0 Å². The highest BCUT2D eigenvalue weighted by molar-refractivity contribution is 5.80. The summed E-state index contributed by atoms with van der Waals surface area (Å²) in [6, 6.07) is 4.55. The second-order valence-corrected chi connectivity index (χ2v) is 4.19. The van der Waals surface area contributed by atoms with Gasteiger partial charge in [0.05, 0.1) is 6.54 Å². The standard InChI is InChI=1S/C12H12FNO5/c13-8-3-1-2-4-10(8)19-7-5-9(11(15)16)14(6-7)12(17)18/h1-4,7,9H,5-6H2,(H,15,16)(H,17,18). The molecule has 1 heterocycles. The van der Waals surface area contributed by atoms with Gasteiger partial charge in [0.15, 0.2) is 11.6 Å². The molecule has 0 saturated carbocycles. The number of ether oxygens (including phenoxy) is 1. The minimum atomic E-state index is -1.33. The molecule has 1 aliphatic heterocycles. The van der Waals surface area contributed by atoms with Crippen LogP contribution in [-0.2, 0) is 4.79 Å². The van der Waals surface area contributed by atoms with Crippen molar-refractivity contribution in [2.24, 2.45) is 0 Å². The molecule has 7 heteroatoms. The quantitative estimate of drug-likeness (QED) is 0.866. The molecule has 0 spiro atoms. The number of rotatable bonds is 3. The van der Waals surface area contributed by atoms with E-state index in [1.807, 2.05) is 0 Å². The molecule has 1 saturated heterocycles. The third-order valence-corrected chi connectivity index (χ3v) is 2.92. The first-order chi connectivity index (χ1) is 8.99. The third kappa shape index (κ3) is 2.75. The van der Waals surface area contributed by atoms with E-state index in [0.717, 1.165) is 4.90 Å². The van der Waals surface area contributed by atoms with E-state index in [4.69, 9.17) is 14.9 Å². The van der Waals surface area contributed by atoms with Crippen LogP contribution >= 0.6 is 0 Å². The molecular formula is C12H12FNO5. The Morgan fingerprint density at radius 3 is 2.53 bits per heavy atom. The first kappa shape index (κ1) is 13.1. The Labute approximate surface area is 108 Å². The molecule has 1 fully saturated rings. The van der Waals surface area contributed by atoms with E-state index in [0.29, 0.717) is 0 Å². The molecule has 102 valence electrons. The van der Waals surface area contributed by atoms with Crippen LogP contribution in [0.4, 0.5) is 9.18 Å². The zero-order valence-corrected chi connectivity index (χ0v) is 9.82. The Morgan fingerprint density at radius 1 is 1.32 bits per heavy atom. The molecule has 0 aromatic heterocycles. The van der Waals surface area contributed by atoms with E-state index in [-0.39, 0.29) is 18.7 Å². The van der Waals surface area contributed by atoms with Crippen LogP contribution in [0.25, 0.3) is 0 Å². The summed E-state index contributed by atoms with van der Waals surface area (Å²) in [6.45, 7) is -0.0966. The highest BCUT2D eigenvalue weighted by Crippen LogP contribution is 2.25. The number of hydrogen-bond donors (Lipinski definition) is 2. The van der Waals surface area contributed by atoms with Crippen LogP contribution in [0.3, 0.4) is 0 Å². The van der Waals surface area contributed by atoms with Crippen LogP contribution in [0.15, 0.2) is 24.3 Å². The van der Waals surface area contributed by atoms with Gasteiger partial charge >= 0.3 is 12.1 Å². The third-order valence-electron chi connectivity index (χ3n) is 2.92. The van der Waals surface area contributed by atoms with Gasteiger partial charge in [-0.15, -0.1) is 0 Å². The number of benzene rings is 1. The maximum absolute atomic E-state index is 13.4. The number of halogens is 1. The zero-order chi connectivity index (χ0) is 14.0. The number of para-hydroxylation sites is 1. The first-order valence-electron chi connectivity index (χ1n) is 5.62. The topological polar surface area (TPSA) is 87.1 Å². The molecule has 0 aliphatic carbocycles. The fraction of sp³-hybridized carbons (Fsp3) is 0.333. The number of carboxylic acids is 1. The summed E-state index contributed by atoms with van der Waals surface area (Å²) in [7, 11) is 0. The minimum Gasteiger partial charge on any atom is -0.485 e. The zero-order valence-electron chi connectivity index (χ0n) is 9.82. The van der Waals surface area contributed by atoms with Gasteiger partial charge in [-0.25, -0.2) is 14.0 Å². The summed E-state index contributed by atoms with van der Waals surface area (Å²) in [5.41, 5.74) is 0. The average molecular weight is 269 g/mol. The van der Waals surface area contributed by atoms with Crippen molar-refractivity contribution in [2.45, 2.75) is 18.6 Å². The Hall–Kier alpha value is -2.31. The van der Waals surface area contributed by atoms with Crippen LogP contribution in [0, 0.1) is 5.82 Å². The van der Waals surface area contributed by atoms with Crippen molar-refractivity contribution in [1.82, 2.24) is 4.90 Å². The molecule has 0 radical (unpaired) electrons. The number of likely N-dealkylation sites (tertiary alicyclic amines) is 1. The second kappa shape index (κ2) is 5.13. The van der Waals surface area contributed by atoms with E-state index in [1.54, 1.807) is 6.07 Å². The Morgan fingerprint density at radius 2 is 2.00 bits per heavy atom. The van der Waals surface area contributed by atoms with Gasteiger partial charge in [-0.05, 0) is 12.1 Å². The average Bonchev–Trinajstić information content (AvgIpc) is 2.76. The summed E-state index contributed by atoms with van der Waals surface area (Å²) >= 11 is 0. The lowest BCUT2D eigenvalue weighted by molar-refractivity contribution is -0.141. The van der Waals surface area contributed by atoms with Gasteiger partial charge in [0.2, 0.25) is 0 Å². The molecular weight excluding hydrogens is 257 g/mol. The fourth-order valence-corrected chi connectivity index (χ4v) is 2.05. The summed E-state index contributed by atoms with van der Waals surface area (Å²) in [5, 5.41) is 17.8. The largest absolute Gasteiger partial charge is 0.485 e. The summed E-state index contributed by atoms with van der Waals surface area (Å²) in [6.07, 6.45) is -2.00. The molecule has 6 nitrogen and oxygen atoms in total. The van der Waals surface area contributed by atoms with Crippen molar-refractivity contribution in [3.8, 4) is 5.75 Å². The predicted octanol–water partition coefficient (Wildman–Crippen LogP) is 1.41. The maximum Gasteiger partial charge on any atom is 0.408 e. The van der Waals surface area contributed by atoms with E-state index >= 15 is 0 Å². The van der Waals surface area contributed by atoms with Crippen molar-refractivity contribution >= 4 is 12.1 Å². The molecule has 2 unspecified atom stereocenters. The minimum absolute atomic E-state index is 0.00400. The smallest absolute Gasteiger partial charge is 0.408 e. The molecule has 1 aromatic carbocycles. The van der Waals surface area contributed by atoms with E-state index in [2.05, 4.69) is 0 Å². The Bertz CT molecular complexity index is 485. The molecule has 0 bridgehead atoms. The normalized spacial score (nSPS) is 22.3. The van der Waals surface area contributed by atoms with Gasteiger partial charge in [-0.3, -0.25) is 4.90 Å². The SMILES string of the molecule is O=C(O)C1CC(Oc2ccccc2F)CN1C(=O)O. The van der Waals surface area contributed by atoms with Gasteiger partial charge < -0.3 is 14.9 Å². The highest BCUT2D eigenvalue weighted by atomic mass is 19.1. The monoisotopic (exact) mass is 269 g/mol. The molecule has 2 atom stereocenters. The molecule has 1 aromatic rings. The molecule has 1 amide bonds. The van der Waals surface area contributed by atoms with E-state index < -0.39 is 30.0 Å². The molecule has 19 heavy (non-hydrogen) atoms. The van der Waals surface area contributed by atoms with Crippen molar-refractivity contribution < 1.29 is 28.9 Å². The van der Waals surface area contributed by atoms with Gasteiger partial charge in [-0.1, -0.05) is 12.1 Å². The number of carbonyl (C=O) groups is 2. The van der Waals surface area contributed by atoms with Crippen molar-refractivity contribution in [1.29, 1.82) is 0 Å². The number of carboxylic acid groups (broad SMARTS) is 2. The fourth-order valence-electron chi connectivity index (χ4n) is 2.05. The number of amides is 1. The van der Waals surface area contributed by atoms with Gasteiger partial charge in [0, 0.05) is 6.42 Å². The number of aliphatic carboxylic acids is 1. The van der Waals surface area contributed by atoms with E-state index in [1.165, 1.54) is 18.2 Å². The van der Waals surface area contributed by atoms with Gasteiger partial charge in [0.25, 0.3) is 0 Å². The first-order valence-corrected chi connectivity index (χ1v) is 5.62. The lowest BCUT2D eigenvalue weighted by Gasteiger charge is -2.16. The van der Waals surface area contributed by atoms with Crippen molar-refractivity contribution in [3.05, 3.63) is 30.1 Å².